The lowest BCUT2D eigenvalue weighted by Crippen LogP contribution is -2.51. The minimum absolute atomic E-state index is 0.568. The lowest BCUT2D eigenvalue weighted by atomic mass is 9.97. The third-order valence-electron chi connectivity index (χ3n) is 4.33. The number of nitrogens with zero attached hydrogens (tertiary/aromatic N) is 1. The molecule has 2 N–H and O–H groups in total. The molecule has 100 valence electrons. The molecule has 2 aliphatic heterocycles. The molecule has 3 unspecified atom stereocenters. The van der Waals surface area contributed by atoms with Crippen LogP contribution in [-0.2, 0) is 0 Å². The van der Waals surface area contributed by atoms with E-state index in [-0.39, 0.29) is 0 Å². The van der Waals surface area contributed by atoms with Crippen LogP contribution in [0.3, 0.4) is 0 Å². The molecule has 0 spiro atoms. The van der Waals surface area contributed by atoms with E-state index in [1.54, 1.807) is 11.8 Å². The molecular weight excluding hydrogens is 232 g/mol. The predicted octanol–water partition coefficient (Wildman–Crippen LogP) is 1.32. The van der Waals surface area contributed by atoms with Crippen LogP contribution in [0.15, 0.2) is 0 Å². The molecule has 0 radical (unpaired) electrons. The van der Waals surface area contributed by atoms with Crippen molar-refractivity contribution in [3.8, 4) is 0 Å². The van der Waals surface area contributed by atoms with Gasteiger partial charge in [-0.05, 0) is 45.9 Å². The summed E-state index contributed by atoms with van der Waals surface area (Å²) in [4.78, 5) is 2.55. The van der Waals surface area contributed by atoms with Gasteiger partial charge in [0.1, 0.15) is 0 Å². The highest BCUT2D eigenvalue weighted by atomic mass is 32.2. The molecule has 0 aliphatic carbocycles. The number of hydrogen-bond donors (Lipinski definition) is 2. The first-order chi connectivity index (χ1) is 8.02. The van der Waals surface area contributed by atoms with Gasteiger partial charge in [-0.3, -0.25) is 0 Å². The number of piperidine rings is 1. The van der Waals surface area contributed by atoms with Crippen LogP contribution < -0.4 is 5.32 Å². The van der Waals surface area contributed by atoms with Crippen molar-refractivity contribution in [1.29, 1.82) is 0 Å². The number of rotatable bonds is 5. The zero-order chi connectivity index (χ0) is 12.5. The van der Waals surface area contributed by atoms with Gasteiger partial charge >= 0.3 is 0 Å². The van der Waals surface area contributed by atoms with Crippen LogP contribution >= 0.6 is 11.8 Å². The van der Waals surface area contributed by atoms with Gasteiger partial charge in [-0.2, -0.15) is 11.8 Å². The van der Waals surface area contributed by atoms with Crippen molar-refractivity contribution in [1.82, 2.24) is 10.2 Å². The fourth-order valence-electron chi connectivity index (χ4n) is 3.30. The Kier molecular flexibility index (Phi) is 4.40. The lowest BCUT2D eigenvalue weighted by molar-refractivity contribution is 0.0717. The average molecular weight is 258 g/mol. The van der Waals surface area contributed by atoms with Crippen LogP contribution in [-0.4, -0.2) is 59.3 Å². The number of aliphatic hydroxyl groups is 1. The molecule has 2 heterocycles. The van der Waals surface area contributed by atoms with Crippen LogP contribution in [0.4, 0.5) is 0 Å². The normalized spacial score (nSPS) is 37.1. The summed E-state index contributed by atoms with van der Waals surface area (Å²) in [5, 5.41) is 13.7. The molecule has 2 fully saturated rings. The highest BCUT2D eigenvalue weighted by Crippen LogP contribution is 2.34. The van der Waals surface area contributed by atoms with Crippen molar-refractivity contribution >= 4 is 11.8 Å². The molecule has 2 bridgehead atoms. The molecule has 3 atom stereocenters. The molecule has 2 rings (SSSR count). The molecule has 17 heavy (non-hydrogen) atoms. The Hall–Kier alpha value is 0.230. The second-order valence-electron chi connectivity index (χ2n) is 6.03. The van der Waals surface area contributed by atoms with Gasteiger partial charge in [-0.25, -0.2) is 0 Å². The number of hydrogen-bond acceptors (Lipinski definition) is 4. The molecule has 3 nitrogen and oxygen atoms in total. The first kappa shape index (κ1) is 13.7. The van der Waals surface area contributed by atoms with E-state index in [4.69, 9.17) is 0 Å². The molecule has 2 aliphatic rings. The van der Waals surface area contributed by atoms with Gasteiger partial charge < -0.3 is 15.3 Å². The van der Waals surface area contributed by atoms with E-state index in [0.29, 0.717) is 6.04 Å². The van der Waals surface area contributed by atoms with E-state index in [2.05, 4.69) is 17.3 Å². The zero-order valence-electron chi connectivity index (χ0n) is 11.3. The van der Waals surface area contributed by atoms with Gasteiger partial charge in [-0.1, -0.05) is 0 Å². The summed E-state index contributed by atoms with van der Waals surface area (Å²) in [6.07, 6.45) is 7.27. The summed E-state index contributed by atoms with van der Waals surface area (Å²) in [6.45, 7) is 2.65. The third-order valence-corrected chi connectivity index (χ3v) is 5.24. The summed E-state index contributed by atoms with van der Waals surface area (Å²) in [6, 6.07) is 2.16. The van der Waals surface area contributed by atoms with Gasteiger partial charge in [-0.15, -0.1) is 0 Å². The first-order valence-electron chi connectivity index (χ1n) is 6.68. The Morgan fingerprint density at radius 3 is 2.47 bits per heavy atom. The highest BCUT2D eigenvalue weighted by molar-refractivity contribution is 7.98. The van der Waals surface area contributed by atoms with Crippen molar-refractivity contribution in [2.75, 3.05) is 25.6 Å². The van der Waals surface area contributed by atoms with Crippen LogP contribution in [0.2, 0.25) is 0 Å². The van der Waals surface area contributed by atoms with E-state index in [0.717, 1.165) is 24.4 Å². The summed E-state index contributed by atoms with van der Waals surface area (Å²) >= 11 is 1.71. The quantitative estimate of drug-likeness (QED) is 0.779. The van der Waals surface area contributed by atoms with E-state index < -0.39 is 5.60 Å². The second kappa shape index (κ2) is 5.47. The Bertz CT molecular complexity index is 246. The van der Waals surface area contributed by atoms with Crippen molar-refractivity contribution < 1.29 is 5.11 Å². The van der Waals surface area contributed by atoms with Crippen LogP contribution in [0.25, 0.3) is 0 Å². The SMILES string of the molecule is CSCC(C)(O)CNC1CC2CCC(C1)N2C. The predicted molar refractivity (Wildman–Crippen MR) is 74.6 cm³/mol. The van der Waals surface area contributed by atoms with Crippen LogP contribution in [0.5, 0.6) is 0 Å². The summed E-state index contributed by atoms with van der Waals surface area (Å²) in [5.41, 5.74) is -0.568. The Balaban J connectivity index is 1.78. The second-order valence-corrected chi connectivity index (χ2v) is 6.90. The van der Waals surface area contributed by atoms with E-state index in [1.165, 1.54) is 25.7 Å². The maximum atomic E-state index is 10.2. The number of nitrogens with one attached hydrogen (secondary N) is 1. The molecule has 0 aromatic heterocycles. The Labute approximate surface area is 109 Å². The Morgan fingerprint density at radius 1 is 1.35 bits per heavy atom. The maximum Gasteiger partial charge on any atom is 0.0833 e. The van der Waals surface area contributed by atoms with E-state index >= 15 is 0 Å². The van der Waals surface area contributed by atoms with Crippen molar-refractivity contribution in [2.24, 2.45) is 0 Å². The average Bonchev–Trinajstić information content (AvgIpc) is 2.52. The molecule has 0 aromatic rings. The number of thioether (sulfide) groups is 1. The van der Waals surface area contributed by atoms with Crippen molar-refractivity contribution in [2.45, 2.75) is 56.3 Å². The molecule has 4 heteroatoms. The topological polar surface area (TPSA) is 35.5 Å². The van der Waals surface area contributed by atoms with Crippen LogP contribution in [0.1, 0.15) is 32.6 Å². The molecular formula is C13H26N2OS. The van der Waals surface area contributed by atoms with Crippen LogP contribution in [0, 0.1) is 0 Å². The number of fused-ring (bicyclic) bond motifs is 2. The smallest absolute Gasteiger partial charge is 0.0833 e. The standard InChI is InChI=1S/C13H26N2OS/c1-13(16,9-17-3)8-14-10-6-11-4-5-12(7-10)15(11)2/h10-12,14,16H,4-9H2,1-3H3. The maximum absolute atomic E-state index is 10.2. The highest BCUT2D eigenvalue weighted by Gasteiger charge is 2.38. The van der Waals surface area contributed by atoms with Crippen molar-refractivity contribution in [3.05, 3.63) is 0 Å². The lowest BCUT2D eigenvalue weighted by Gasteiger charge is -2.38. The minimum Gasteiger partial charge on any atom is -0.388 e. The van der Waals surface area contributed by atoms with E-state index in [9.17, 15) is 5.11 Å². The fraction of sp³-hybridized carbons (Fsp3) is 1.00. The van der Waals surface area contributed by atoms with Gasteiger partial charge in [0.15, 0.2) is 0 Å². The largest absolute Gasteiger partial charge is 0.388 e. The van der Waals surface area contributed by atoms with Gasteiger partial charge in [0.2, 0.25) is 0 Å². The summed E-state index contributed by atoms with van der Waals surface area (Å²) in [5.74, 6) is 0.805. The van der Waals surface area contributed by atoms with Crippen molar-refractivity contribution in [3.63, 3.8) is 0 Å². The first-order valence-corrected chi connectivity index (χ1v) is 8.08. The Morgan fingerprint density at radius 2 is 1.94 bits per heavy atom. The fourth-order valence-corrected chi connectivity index (χ4v) is 4.03. The third kappa shape index (κ3) is 3.37. The molecule has 0 aromatic carbocycles. The molecule has 0 amide bonds. The molecule has 0 saturated carbocycles. The van der Waals surface area contributed by atoms with Gasteiger partial charge in [0, 0.05) is 30.4 Å². The summed E-state index contributed by atoms with van der Waals surface area (Å²) < 4.78 is 0. The summed E-state index contributed by atoms with van der Waals surface area (Å²) in [7, 11) is 2.27. The van der Waals surface area contributed by atoms with Gasteiger partial charge in [0.25, 0.3) is 0 Å². The minimum atomic E-state index is -0.568. The van der Waals surface area contributed by atoms with E-state index in [1.807, 2.05) is 13.2 Å². The monoisotopic (exact) mass is 258 g/mol. The molecule has 2 saturated heterocycles. The van der Waals surface area contributed by atoms with Gasteiger partial charge in [0.05, 0.1) is 5.60 Å². The zero-order valence-corrected chi connectivity index (χ0v) is 12.1.